The van der Waals surface area contributed by atoms with E-state index >= 15 is 0 Å². The molecule has 0 unspecified atom stereocenters. The largest absolute Gasteiger partial charge is 0.497 e. The summed E-state index contributed by atoms with van der Waals surface area (Å²) in [6.07, 6.45) is 2.90. The van der Waals surface area contributed by atoms with Crippen LogP contribution in [0.4, 0.5) is 0 Å². The fourth-order valence-electron chi connectivity index (χ4n) is 3.30. The predicted molar refractivity (Wildman–Crippen MR) is 135 cm³/mol. The van der Waals surface area contributed by atoms with Gasteiger partial charge in [-0.2, -0.15) is 5.26 Å². The minimum Gasteiger partial charge on any atom is -0.497 e. The Bertz CT molecular complexity index is 1500. The summed E-state index contributed by atoms with van der Waals surface area (Å²) < 4.78 is 22.1. The van der Waals surface area contributed by atoms with Crippen LogP contribution in [-0.4, -0.2) is 26.1 Å². The maximum absolute atomic E-state index is 12.9. The first-order valence-corrected chi connectivity index (χ1v) is 11.7. The van der Waals surface area contributed by atoms with E-state index in [1.807, 2.05) is 12.1 Å². The maximum atomic E-state index is 12.9. The number of nitrogens with one attached hydrogen (secondary N) is 1. The molecular formula is C26H19ClN2O6S. The second-order valence-corrected chi connectivity index (χ2v) is 8.77. The van der Waals surface area contributed by atoms with E-state index in [0.29, 0.717) is 22.5 Å². The molecule has 4 rings (SSSR count). The molecule has 0 aliphatic rings. The van der Waals surface area contributed by atoms with Crippen LogP contribution >= 0.6 is 22.9 Å². The topological polar surface area (TPSA) is 111 Å². The molecule has 2 heterocycles. The van der Waals surface area contributed by atoms with Crippen LogP contribution < -0.4 is 19.5 Å². The summed E-state index contributed by atoms with van der Waals surface area (Å²) in [6.45, 7) is 0.149. The summed E-state index contributed by atoms with van der Waals surface area (Å²) in [7, 11) is 2.97. The van der Waals surface area contributed by atoms with Gasteiger partial charge in [-0.25, -0.2) is 4.79 Å². The van der Waals surface area contributed by atoms with E-state index in [0.717, 1.165) is 4.70 Å². The van der Waals surface area contributed by atoms with Gasteiger partial charge in [0.15, 0.2) is 11.5 Å². The number of nitriles is 1. The van der Waals surface area contributed by atoms with Gasteiger partial charge in [-0.15, -0.1) is 11.3 Å². The second kappa shape index (κ2) is 11.0. The SMILES string of the molecule is COc1ccc2sc(C(=O)Oc3ccc(/C=C(\C#N)C(=O)NCc4ccco4)cc3OC)c(Cl)c2c1. The number of esters is 1. The number of benzene rings is 2. The molecule has 10 heteroatoms. The Balaban J connectivity index is 1.53. The number of nitrogens with zero attached hydrogens (tertiary/aromatic N) is 1. The number of furan rings is 1. The zero-order valence-corrected chi connectivity index (χ0v) is 20.7. The van der Waals surface area contributed by atoms with Crippen LogP contribution in [0.5, 0.6) is 17.2 Å². The third kappa shape index (κ3) is 5.35. The fraction of sp³-hybridized carbons (Fsp3) is 0.115. The van der Waals surface area contributed by atoms with Crippen LogP contribution in [-0.2, 0) is 11.3 Å². The highest BCUT2D eigenvalue weighted by atomic mass is 35.5. The van der Waals surface area contributed by atoms with E-state index in [1.165, 1.54) is 36.9 Å². The lowest BCUT2D eigenvalue weighted by Gasteiger charge is -2.10. The molecule has 1 amide bonds. The van der Waals surface area contributed by atoms with Crippen LogP contribution in [0, 0.1) is 11.3 Å². The maximum Gasteiger partial charge on any atom is 0.355 e. The quantitative estimate of drug-likeness (QED) is 0.139. The number of carbonyl (C=O) groups is 2. The standard InChI is InChI=1S/C26H19ClN2O6S/c1-32-17-6-8-22-19(12-17)23(27)24(36-22)26(31)35-20-7-5-15(11-21(20)33-2)10-16(13-28)25(30)29-14-18-4-3-9-34-18/h3-12H,14H2,1-2H3,(H,29,30)/b16-10+. The van der Waals surface area contributed by atoms with Gasteiger partial charge >= 0.3 is 5.97 Å². The molecule has 0 aliphatic carbocycles. The molecule has 4 aromatic rings. The predicted octanol–water partition coefficient (Wildman–Crippen LogP) is 5.61. The molecule has 182 valence electrons. The van der Waals surface area contributed by atoms with Gasteiger partial charge in [0.2, 0.25) is 0 Å². The first kappa shape index (κ1) is 24.9. The second-order valence-electron chi connectivity index (χ2n) is 7.34. The van der Waals surface area contributed by atoms with Gasteiger partial charge in [-0.1, -0.05) is 17.7 Å². The van der Waals surface area contributed by atoms with Crippen molar-refractivity contribution in [2.24, 2.45) is 0 Å². The van der Waals surface area contributed by atoms with Crippen LogP contribution in [0.25, 0.3) is 16.2 Å². The molecule has 0 bridgehead atoms. The fourth-order valence-corrected chi connectivity index (χ4v) is 4.66. The van der Waals surface area contributed by atoms with Crippen LogP contribution in [0.2, 0.25) is 5.02 Å². The number of thiophene rings is 1. The Kier molecular flexibility index (Phi) is 7.59. The van der Waals surface area contributed by atoms with Gasteiger partial charge in [0.1, 0.15) is 28.0 Å². The summed E-state index contributed by atoms with van der Waals surface area (Å²) in [5.41, 5.74) is 0.393. The molecule has 36 heavy (non-hydrogen) atoms. The molecule has 1 N–H and O–H groups in total. The zero-order chi connectivity index (χ0) is 25.7. The summed E-state index contributed by atoms with van der Waals surface area (Å²) >= 11 is 7.65. The van der Waals surface area contributed by atoms with Crippen molar-refractivity contribution in [2.45, 2.75) is 6.54 Å². The number of fused-ring (bicyclic) bond motifs is 1. The number of hydrogen-bond donors (Lipinski definition) is 1. The highest BCUT2D eigenvalue weighted by Gasteiger charge is 2.21. The average Bonchev–Trinajstić information content (AvgIpc) is 3.54. The Labute approximate surface area is 215 Å². The smallest absolute Gasteiger partial charge is 0.355 e. The number of ether oxygens (including phenoxy) is 3. The van der Waals surface area contributed by atoms with E-state index in [1.54, 1.807) is 43.5 Å². The Morgan fingerprint density at radius 2 is 1.97 bits per heavy atom. The van der Waals surface area contributed by atoms with Crippen molar-refractivity contribution in [2.75, 3.05) is 14.2 Å². The van der Waals surface area contributed by atoms with Crippen molar-refractivity contribution in [3.05, 3.63) is 81.6 Å². The molecule has 0 atom stereocenters. The summed E-state index contributed by atoms with van der Waals surface area (Å²) in [4.78, 5) is 25.5. The van der Waals surface area contributed by atoms with E-state index < -0.39 is 11.9 Å². The molecule has 2 aromatic heterocycles. The van der Waals surface area contributed by atoms with Gasteiger partial charge in [0.25, 0.3) is 5.91 Å². The van der Waals surface area contributed by atoms with Crippen molar-refractivity contribution >= 4 is 51.0 Å². The number of halogens is 1. The molecule has 2 aromatic carbocycles. The minimum absolute atomic E-state index is 0.110. The van der Waals surface area contributed by atoms with Crippen molar-refractivity contribution < 1.29 is 28.2 Å². The third-order valence-corrected chi connectivity index (χ3v) is 6.75. The lowest BCUT2D eigenvalue weighted by Crippen LogP contribution is -2.23. The number of rotatable bonds is 8. The summed E-state index contributed by atoms with van der Waals surface area (Å²) in [5.74, 6) is 0.386. The Morgan fingerprint density at radius 1 is 1.14 bits per heavy atom. The van der Waals surface area contributed by atoms with E-state index in [2.05, 4.69) is 5.32 Å². The van der Waals surface area contributed by atoms with E-state index in [-0.39, 0.29) is 33.5 Å². The summed E-state index contributed by atoms with van der Waals surface area (Å²) in [6, 6.07) is 15.3. The molecule has 0 saturated carbocycles. The normalized spacial score (nSPS) is 11.1. The number of hydrogen-bond acceptors (Lipinski definition) is 8. The first-order valence-electron chi connectivity index (χ1n) is 10.5. The molecular weight excluding hydrogens is 504 g/mol. The van der Waals surface area contributed by atoms with Gasteiger partial charge < -0.3 is 23.9 Å². The highest BCUT2D eigenvalue weighted by Crippen LogP contribution is 2.38. The zero-order valence-electron chi connectivity index (χ0n) is 19.2. The lowest BCUT2D eigenvalue weighted by atomic mass is 10.1. The van der Waals surface area contributed by atoms with Crippen molar-refractivity contribution in [1.82, 2.24) is 5.32 Å². The van der Waals surface area contributed by atoms with Crippen LogP contribution in [0.1, 0.15) is 21.0 Å². The Hall–Kier alpha value is -4.26. The van der Waals surface area contributed by atoms with E-state index in [9.17, 15) is 14.9 Å². The van der Waals surface area contributed by atoms with Crippen molar-refractivity contribution in [3.63, 3.8) is 0 Å². The summed E-state index contributed by atoms with van der Waals surface area (Å²) in [5, 5.41) is 13.0. The molecule has 0 aliphatic heterocycles. The van der Waals surface area contributed by atoms with Gasteiger partial charge in [-0.3, -0.25) is 4.79 Å². The van der Waals surface area contributed by atoms with Crippen molar-refractivity contribution in [3.8, 4) is 23.3 Å². The number of carbonyl (C=O) groups excluding carboxylic acids is 2. The lowest BCUT2D eigenvalue weighted by molar-refractivity contribution is -0.117. The van der Waals surface area contributed by atoms with Gasteiger partial charge in [0.05, 0.1) is 32.1 Å². The molecule has 8 nitrogen and oxygen atoms in total. The molecule has 0 radical (unpaired) electrons. The minimum atomic E-state index is -0.642. The molecule has 0 saturated heterocycles. The number of methoxy groups -OCH3 is 2. The monoisotopic (exact) mass is 522 g/mol. The Morgan fingerprint density at radius 3 is 2.67 bits per heavy atom. The molecule has 0 spiro atoms. The van der Waals surface area contributed by atoms with Crippen LogP contribution in [0.15, 0.2) is 64.8 Å². The van der Waals surface area contributed by atoms with Crippen LogP contribution in [0.3, 0.4) is 0 Å². The van der Waals surface area contributed by atoms with Crippen molar-refractivity contribution in [1.29, 1.82) is 5.26 Å². The first-order chi connectivity index (χ1) is 17.4. The molecule has 0 fully saturated rings. The average molecular weight is 523 g/mol. The van der Waals surface area contributed by atoms with Gasteiger partial charge in [-0.05, 0) is 54.1 Å². The van der Waals surface area contributed by atoms with E-state index in [4.69, 9.17) is 30.2 Å². The third-order valence-electron chi connectivity index (χ3n) is 5.09. The number of amides is 1. The van der Waals surface area contributed by atoms with Gasteiger partial charge in [0, 0.05) is 10.1 Å². The highest BCUT2D eigenvalue weighted by molar-refractivity contribution is 7.21.